The first-order valence-electron chi connectivity index (χ1n) is 7.21. The van der Waals surface area contributed by atoms with E-state index in [4.69, 9.17) is 9.47 Å². The average molecular weight is 350 g/mol. The van der Waals surface area contributed by atoms with Crippen molar-refractivity contribution in [1.82, 2.24) is 0 Å². The minimum absolute atomic E-state index is 0.0765. The zero-order chi connectivity index (χ0) is 18.2. The Hall–Kier alpha value is -2.34. The molecule has 0 aromatic heterocycles. The molecule has 0 aliphatic heterocycles. The third-order valence-corrected chi connectivity index (χ3v) is 3.94. The van der Waals surface area contributed by atoms with Crippen molar-refractivity contribution in [3.8, 4) is 11.5 Å². The molecule has 2 rings (SSSR count). The normalized spacial score (nSPS) is 10.3. The minimum atomic E-state index is -2.94. The summed E-state index contributed by atoms with van der Waals surface area (Å²) in [6.45, 7) is 1.54. The Morgan fingerprint density at radius 2 is 1.29 bits per heavy atom. The summed E-state index contributed by atoms with van der Waals surface area (Å²) in [5.41, 5.74) is 1.49. The average Bonchev–Trinajstić information content (AvgIpc) is 2.55. The molecule has 0 heterocycles. The van der Waals surface area contributed by atoms with Crippen LogP contribution in [0.25, 0.3) is 0 Å². The molecule has 0 aliphatic rings. The lowest BCUT2D eigenvalue weighted by molar-refractivity contribution is 0.101. The minimum Gasteiger partial charge on any atom is -0.497 e. The molecule has 6 heteroatoms. The number of carbonyl (C=O) groups is 1. The monoisotopic (exact) mass is 350 g/mol. The molecule has 130 valence electrons. The summed E-state index contributed by atoms with van der Waals surface area (Å²) >= 11 is 0. The van der Waals surface area contributed by atoms with Crippen LogP contribution in [0.2, 0.25) is 0 Å². The van der Waals surface area contributed by atoms with Crippen LogP contribution >= 0.6 is 0 Å². The number of Topliss-reactive ketones (excluding diaryl/α,β-unsaturated/α-hetero) is 1. The van der Waals surface area contributed by atoms with E-state index in [-0.39, 0.29) is 11.5 Å². The Balaban J connectivity index is 0.000000243. The third kappa shape index (κ3) is 7.28. The predicted octanol–water partition coefficient (Wildman–Crippen LogP) is 3.14. The molecule has 0 aliphatic carbocycles. The molecule has 0 bridgehead atoms. The maximum atomic E-state index is 10.9. The molecule has 0 amide bonds. The van der Waals surface area contributed by atoms with Gasteiger partial charge in [-0.1, -0.05) is 12.1 Å². The van der Waals surface area contributed by atoms with Gasteiger partial charge in [0.1, 0.15) is 11.5 Å². The van der Waals surface area contributed by atoms with Crippen LogP contribution in [0.4, 0.5) is 0 Å². The summed E-state index contributed by atoms with van der Waals surface area (Å²) in [6.07, 6.45) is 1.22. The van der Waals surface area contributed by atoms with E-state index >= 15 is 0 Å². The van der Waals surface area contributed by atoms with Crippen LogP contribution in [0.3, 0.4) is 0 Å². The maximum absolute atomic E-state index is 10.9. The first-order valence-corrected chi connectivity index (χ1v) is 9.27. The highest BCUT2D eigenvalue weighted by molar-refractivity contribution is 7.89. The van der Waals surface area contributed by atoms with Gasteiger partial charge >= 0.3 is 0 Å². The summed E-state index contributed by atoms with van der Waals surface area (Å²) in [4.78, 5) is 10.8. The Bertz CT molecular complexity index is 747. The van der Waals surface area contributed by atoms with Crippen molar-refractivity contribution < 1.29 is 22.7 Å². The number of hydrogen-bond acceptors (Lipinski definition) is 5. The molecule has 2 aromatic carbocycles. The maximum Gasteiger partial charge on any atom is 0.159 e. The van der Waals surface area contributed by atoms with Crippen molar-refractivity contribution >= 4 is 15.6 Å². The van der Waals surface area contributed by atoms with E-state index in [1.165, 1.54) is 6.26 Å². The Morgan fingerprint density at radius 3 is 1.62 bits per heavy atom. The first-order chi connectivity index (χ1) is 11.2. The van der Waals surface area contributed by atoms with E-state index in [0.717, 1.165) is 17.1 Å². The fourth-order valence-electron chi connectivity index (χ4n) is 1.85. The van der Waals surface area contributed by atoms with Crippen LogP contribution in [-0.4, -0.2) is 34.7 Å². The van der Waals surface area contributed by atoms with Crippen LogP contribution in [0.1, 0.15) is 22.8 Å². The van der Waals surface area contributed by atoms with Gasteiger partial charge in [0, 0.05) is 11.8 Å². The van der Waals surface area contributed by atoms with Crippen LogP contribution in [0.5, 0.6) is 11.5 Å². The van der Waals surface area contributed by atoms with Crippen molar-refractivity contribution in [2.45, 2.75) is 12.7 Å². The number of ether oxygens (including phenoxy) is 2. The fraction of sp³-hybridized carbons (Fsp3) is 0.278. The van der Waals surface area contributed by atoms with Crippen molar-refractivity contribution in [3.05, 3.63) is 59.7 Å². The molecule has 0 saturated carbocycles. The van der Waals surface area contributed by atoms with E-state index in [1.807, 2.05) is 0 Å². The number of carbonyl (C=O) groups excluding carboxylic acids is 1. The van der Waals surface area contributed by atoms with Gasteiger partial charge in [-0.2, -0.15) is 0 Å². The van der Waals surface area contributed by atoms with Gasteiger partial charge in [-0.3, -0.25) is 4.79 Å². The molecular weight excluding hydrogens is 328 g/mol. The van der Waals surface area contributed by atoms with Gasteiger partial charge in [0.25, 0.3) is 0 Å². The number of sulfone groups is 1. The van der Waals surface area contributed by atoms with E-state index in [0.29, 0.717) is 5.56 Å². The smallest absolute Gasteiger partial charge is 0.159 e. The Kier molecular flexibility index (Phi) is 7.45. The van der Waals surface area contributed by atoms with Gasteiger partial charge in [0.15, 0.2) is 15.6 Å². The lowest BCUT2D eigenvalue weighted by Gasteiger charge is -2.01. The number of rotatable bonds is 5. The largest absolute Gasteiger partial charge is 0.497 e. The zero-order valence-electron chi connectivity index (χ0n) is 14.3. The van der Waals surface area contributed by atoms with Crippen molar-refractivity contribution in [1.29, 1.82) is 0 Å². The molecule has 0 atom stereocenters. The van der Waals surface area contributed by atoms with Gasteiger partial charge in [0.05, 0.1) is 20.0 Å². The summed E-state index contributed by atoms with van der Waals surface area (Å²) in [5.74, 6) is 1.66. The van der Waals surface area contributed by atoms with Crippen LogP contribution < -0.4 is 9.47 Å². The zero-order valence-corrected chi connectivity index (χ0v) is 15.1. The molecule has 0 fully saturated rings. The first kappa shape index (κ1) is 19.7. The molecule has 5 nitrogen and oxygen atoms in total. The van der Waals surface area contributed by atoms with Crippen LogP contribution in [0, 0.1) is 0 Å². The van der Waals surface area contributed by atoms with Gasteiger partial charge in [-0.05, 0) is 48.9 Å². The highest BCUT2D eigenvalue weighted by Gasteiger charge is 2.03. The topological polar surface area (TPSA) is 69.7 Å². The fourth-order valence-corrected chi connectivity index (χ4v) is 2.65. The Morgan fingerprint density at radius 1 is 0.875 bits per heavy atom. The molecule has 0 unspecified atom stereocenters. The van der Waals surface area contributed by atoms with Gasteiger partial charge in [-0.15, -0.1) is 0 Å². The summed E-state index contributed by atoms with van der Waals surface area (Å²) in [6, 6.07) is 14.1. The van der Waals surface area contributed by atoms with E-state index in [2.05, 4.69) is 0 Å². The Labute approximate surface area is 143 Å². The molecule has 2 aromatic rings. The second-order valence-corrected chi connectivity index (χ2v) is 7.34. The third-order valence-electron chi connectivity index (χ3n) is 3.08. The number of ketones is 1. The molecule has 0 saturated heterocycles. The second kappa shape index (κ2) is 9.08. The highest BCUT2D eigenvalue weighted by atomic mass is 32.2. The quantitative estimate of drug-likeness (QED) is 0.775. The SMILES string of the molecule is COc1ccc(C(C)=O)cc1.COc1ccc(CS(C)(=O)=O)cc1. The van der Waals surface area contributed by atoms with Crippen LogP contribution in [-0.2, 0) is 15.6 Å². The second-order valence-electron chi connectivity index (χ2n) is 5.20. The van der Waals surface area contributed by atoms with Crippen molar-refractivity contribution in [2.24, 2.45) is 0 Å². The van der Waals surface area contributed by atoms with Gasteiger partial charge < -0.3 is 9.47 Å². The highest BCUT2D eigenvalue weighted by Crippen LogP contribution is 2.13. The summed E-state index contributed by atoms with van der Waals surface area (Å²) in [7, 11) is 0.237. The molecular formula is C18H22O5S. The lowest BCUT2D eigenvalue weighted by Crippen LogP contribution is -2.00. The number of methoxy groups -OCH3 is 2. The van der Waals surface area contributed by atoms with E-state index < -0.39 is 9.84 Å². The summed E-state index contributed by atoms with van der Waals surface area (Å²) < 4.78 is 31.7. The molecule has 0 radical (unpaired) electrons. The molecule has 0 spiro atoms. The lowest BCUT2D eigenvalue weighted by atomic mass is 10.1. The van der Waals surface area contributed by atoms with Gasteiger partial charge in [-0.25, -0.2) is 8.42 Å². The standard InChI is InChI=1S/C9H12O3S.C9H10O2/c1-12-9-5-3-8(4-6-9)7-13(2,10)11;1-7(10)8-3-5-9(11-2)6-4-8/h3-6H,7H2,1-2H3;3-6H,1-2H3. The molecule has 0 N–H and O–H groups in total. The summed E-state index contributed by atoms with van der Waals surface area (Å²) in [5, 5.41) is 0. The van der Waals surface area contributed by atoms with Crippen molar-refractivity contribution in [3.63, 3.8) is 0 Å². The van der Waals surface area contributed by atoms with Gasteiger partial charge in [0.2, 0.25) is 0 Å². The number of benzene rings is 2. The van der Waals surface area contributed by atoms with E-state index in [1.54, 1.807) is 69.7 Å². The number of hydrogen-bond donors (Lipinski definition) is 0. The molecule has 24 heavy (non-hydrogen) atoms. The van der Waals surface area contributed by atoms with Crippen LogP contribution in [0.15, 0.2) is 48.5 Å². The van der Waals surface area contributed by atoms with E-state index in [9.17, 15) is 13.2 Å². The predicted molar refractivity (Wildman–Crippen MR) is 94.5 cm³/mol. The van der Waals surface area contributed by atoms with Crippen molar-refractivity contribution in [2.75, 3.05) is 20.5 Å².